The van der Waals surface area contributed by atoms with Crippen LogP contribution in [0.1, 0.15) is 0 Å². The SMILES string of the molecule is C#CCS(=O)(=O)O.[NaH]. The number of rotatable bonds is 1. The summed E-state index contributed by atoms with van der Waals surface area (Å²) in [6.07, 6.45) is 4.53. The van der Waals surface area contributed by atoms with Gasteiger partial charge in [0, 0.05) is 0 Å². The first kappa shape index (κ1) is 11.3. The summed E-state index contributed by atoms with van der Waals surface area (Å²) in [4.78, 5) is 0. The topological polar surface area (TPSA) is 54.4 Å². The molecule has 0 rings (SSSR count). The zero-order valence-corrected chi connectivity index (χ0v) is 4.27. The van der Waals surface area contributed by atoms with Crippen LogP contribution in [0.25, 0.3) is 0 Å². The van der Waals surface area contributed by atoms with Gasteiger partial charge >= 0.3 is 29.6 Å². The van der Waals surface area contributed by atoms with Crippen molar-refractivity contribution >= 4 is 39.7 Å². The van der Waals surface area contributed by atoms with E-state index < -0.39 is 15.9 Å². The van der Waals surface area contributed by atoms with Gasteiger partial charge in [0.25, 0.3) is 10.1 Å². The van der Waals surface area contributed by atoms with E-state index in [0.29, 0.717) is 0 Å². The van der Waals surface area contributed by atoms with Crippen LogP contribution in [0, 0.1) is 12.3 Å². The standard InChI is InChI=1S/C3H4O3S.Na.H/c1-2-3-7(4,5)6;;/h1H,3H2,(H,4,5,6);;. The molecule has 0 aromatic carbocycles. The Kier molecular flexibility index (Phi) is 6.15. The van der Waals surface area contributed by atoms with E-state index in [-0.39, 0.29) is 29.6 Å². The Balaban J connectivity index is 0. The molecule has 1 N–H and O–H groups in total. The second kappa shape index (κ2) is 4.36. The van der Waals surface area contributed by atoms with Gasteiger partial charge in [-0.25, -0.2) is 0 Å². The molecule has 3 nitrogen and oxygen atoms in total. The molecule has 0 aliphatic heterocycles. The molecule has 5 heteroatoms. The van der Waals surface area contributed by atoms with Crippen molar-refractivity contribution in [3.63, 3.8) is 0 Å². The summed E-state index contributed by atoms with van der Waals surface area (Å²) in [6.45, 7) is 0. The van der Waals surface area contributed by atoms with Crippen LogP contribution in [0.2, 0.25) is 0 Å². The van der Waals surface area contributed by atoms with Gasteiger partial charge < -0.3 is 0 Å². The Labute approximate surface area is 70.5 Å². The third-order valence-corrected chi connectivity index (χ3v) is 0.797. The number of hydrogen-bond acceptors (Lipinski definition) is 2. The van der Waals surface area contributed by atoms with Gasteiger partial charge in [-0.3, -0.25) is 4.55 Å². The van der Waals surface area contributed by atoms with Gasteiger partial charge in [-0.05, 0) is 0 Å². The van der Waals surface area contributed by atoms with Crippen LogP contribution in [0.15, 0.2) is 0 Å². The molecule has 0 saturated heterocycles. The zero-order chi connectivity index (χ0) is 5.91. The van der Waals surface area contributed by atoms with Gasteiger partial charge in [-0.15, -0.1) is 6.42 Å². The van der Waals surface area contributed by atoms with E-state index in [1.165, 1.54) is 0 Å². The Morgan fingerprint density at radius 3 is 2.00 bits per heavy atom. The third kappa shape index (κ3) is 9.69. The van der Waals surface area contributed by atoms with Crippen molar-refractivity contribution in [1.29, 1.82) is 0 Å². The van der Waals surface area contributed by atoms with Gasteiger partial charge in [-0.1, -0.05) is 5.92 Å². The molecule has 0 bridgehead atoms. The summed E-state index contributed by atoms with van der Waals surface area (Å²) < 4.78 is 27.1. The third-order valence-electron chi connectivity index (χ3n) is 0.266. The molecule has 0 aromatic rings. The summed E-state index contributed by atoms with van der Waals surface area (Å²) in [7, 11) is -3.91. The van der Waals surface area contributed by atoms with Gasteiger partial charge in [0.15, 0.2) is 0 Å². The van der Waals surface area contributed by atoms with Crippen molar-refractivity contribution in [2.75, 3.05) is 5.75 Å². The molecule has 0 heterocycles. The van der Waals surface area contributed by atoms with E-state index in [9.17, 15) is 8.42 Å². The van der Waals surface area contributed by atoms with E-state index in [2.05, 4.69) is 6.42 Å². The van der Waals surface area contributed by atoms with Crippen molar-refractivity contribution in [2.24, 2.45) is 0 Å². The molecule has 0 aliphatic carbocycles. The Hall–Kier alpha value is 0.470. The van der Waals surface area contributed by atoms with E-state index in [1.54, 1.807) is 5.92 Å². The fourth-order valence-corrected chi connectivity index (χ4v) is 0.316. The molecular weight excluding hydrogens is 139 g/mol. The van der Waals surface area contributed by atoms with Crippen LogP contribution in [0.5, 0.6) is 0 Å². The Bertz CT molecular complexity index is 175. The molecule has 0 unspecified atom stereocenters. The predicted molar refractivity (Wildman–Crippen MR) is 32.4 cm³/mol. The average Bonchev–Trinajstić information content (AvgIpc) is 1.30. The maximum absolute atomic E-state index is 9.64. The maximum atomic E-state index is 9.64. The quantitative estimate of drug-likeness (QED) is 0.287. The molecule has 0 atom stereocenters. The molecule has 42 valence electrons. The van der Waals surface area contributed by atoms with Crippen molar-refractivity contribution in [1.82, 2.24) is 0 Å². The van der Waals surface area contributed by atoms with Crippen LogP contribution >= 0.6 is 0 Å². The second-order valence-electron chi connectivity index (χ2n) is 0.930. The molecule has 0 aliphatic rings. The second-order valence-corrected chi connectivity index (χ2v) is 2.38. The molecule has 0 fully saturated rings. The molecule has 0 amide bonds. The molecule has 0 spiro atoms. The van der Waals surface area contributed by atoms with E-state index in [1.807, 2.05) is 0 Å². The van der Waals surface area contributed by atoms with E-state index in [0.717, 1.165) is 0 Å². The Morgan fingerprint density at radius 2 is 2.00 bits per heavy atom. The predicted octanol–water partition coefficient (Wildman–Crippen LogP) is -1.14. The molecule has 0 aromatic heterocycles. The molecule has 0 radical (unpaired) electrons. The number of terminal acetylenes is 1. The fraction of sp³-hybridized carbons (Fsp3) is 0.333. The molecule has 8 heavy (non-hydrogen) atoms. The van der Waals surface area contributed by atoms with Crippen LogP contribution in [-0.2, 0) is 10.1 Å². The van der Waals surface area contributed by atoms with Crippen molar-refractivity contribution in [3.05, 3.63) is 0 Å². The first-order valence-electron chi connectivity index (χ1n) is 1.45. The summed E-state index contributed by atoms with van der Waals surface area (Å²) >= 11 is 0. The van der Waals surface area contributed by atoms with Crippen molar-refractivity contribution < 1.29 is 13.0 Å². The van der Waals surface area contributed by atoms with Gasteiger partial charge in [0.2, 0.25) is 0 Å². The molecule has 0 saturated carbocycles. The average molecular weight is 144 g/mol. The van der Waals surface area contributed by atoms with E-state index >= 15 is 0 Å². The Morgan fingerprint density at radius 1 is 1.62 bits per heavy atom. The summed E-state index contributed by atoms with van der Waals surface area (Å²) in [5.74, 6) is 1.17. The van der Waals surface area contributed by atoms with Crippen LogP contribution in [0.3, 0.4) is 0 Å². The van der Waals surface area contributed by atoms with Crippen LogP contribution in [0.4, 0.5) is 0 Å². The monoisotopic (exact) mass is 144 g/mol. The minimum absolute atomic E-state index is 0. The van der Waals surface area contributed by atoms with Gasteiger partial charge in [0.05, 0.1) is 0 Å². The van der Waals surface area contributed by atoms with Crippen LogP contribution < -0.4 is 0 Å². The van der Waals surface area contributed by atoms with Gasteiger partial charge in [-0.2, -0.15) is 8.42 Å². The summed E-state index contributed by atoms with van der Waals surface area (Å²) in [6, 6.07) is 0. The summed E-state index contributed by atoms with van der Waals surface area (Å²) in [5.41, 5.74) is 0. The van der Waals surface area contributed by atoms with E-state index in [4.69, 9.17) is 4.55 Å². The first-order chi connectivity index (χ1) is 3.06. The summed E-state index contributed by atoms with van der Waals surface area (Å²) in [5, 5.41) is 0. The fourth-order valence-electron chi connectivity index (χ4n) is 0.105. The van der Waals surface area contributed by atoms with Crippen molar-refractivity contribution in [2.45, 2.75) is 0 Å². The van der Waals surface area contributed by atoms with Gasteiger partial charge in [0.1, 0.15) is 5.75 Å². The normalized spacial score (nSPS) is 9.00. The van der Waals surface area contributed by atoms with Crippen LogP contribution in [-0.4, -0.2) is 48.3 Å². The zero-order valence-electron chi connectivity index (χ0n) is 3.46. The molecular formula is C3H5NaO3S. The first-order valence-corrected chi connectivity index (χ1v) is 3.06. The number of hydrogen-bond donors (Lipinski definition) is 1. The van der Waals surface area contributed by atoms with Crippen molar-refractivity contribution in [3.8, 4) is 12.3 Å². The minimum atomic E-state index is -3.91.